The molecule has 0 amide bonds. The van der Waals surface area contributed by atoms with Crippen LogP contribution < -0.4 is 5.32 Å². The summed E-state index contributed by atoms with van der Waals surface area (Å²) in [5.74, 6) is 0. The predicted octanol–water partition coefficient (Wildman–Crippen LogP) is 1.27. The number of hydrogen-bond acceptors (Lipinski definition) is 3. The smallest absolute Gasteiger partial charge is 0.154 e. The molecule has 0 spiro atoms. The maximum Gasteiger partial charge on any atom is 0.154 e. The third-order valence-corrected chi connectivity index (χ3v) is 2.93. The zero-order chi connectivity index (χ0) is 9.97. The van der Waals surface area contributed by atoms with E-state index in [0.29, 0.717) is 16.8 Å². The third-order valence-electron chi connectivity index (χ3n) is 2.54. The molecule has 1 aliphatic heterocycles. The van der Waals surface area contributed by atoms with Crippen LogP contribution in [0.25, 0.3) is 0 Å². The Morgan fingerprint density at radius 2 is 2.29 bits per heavy atom. The molecule has 1 aliphatic rings. The van der Waals surface area contributed by atoms with Gasteiger partial charge in [0.25, 0.3) is 0 Å². The number of aromatic nitrogens is 2. The lowest BCUT2D eigenvalue weighted by Gasteiger charge is -2.23. The van der Waals surface area contributed by atoms with Gasteiger partial charge in [-0.1, -0.05) is 11.6 Å². The summed E-state index contributed by atoms with van der Waals surface area (Å²) < 4.78 is 1.76. The van der Waals surface area contributed by atoms with Crippen LogP contribution in [-0.4, -0.2) is 29.2 Å². The van der Waals surface area contributed by atoms with Gasteiger partial charge in [0.2, 0.25) is 0 Å². The lowest BCUT2D eigenvalue weighted by molar-refractivity contribution is 0.112. The van der Waals surface area contributed by atoms with E-state index in [-0.39, 0.29) is 0 Å². The van der Waals surface area contributed by atoms with E-state index in [1.54, 1.807) is 4.68 Å². The third kappa shape index (κ3) is 1.67. The van der Waals surface area contributed by atoms with Crippen LogP contribution in [0.4, 0.5) is 0 Å². The van der Waals surface area contributed by atoms with Gasteiger partial charge in [-0.15, -0.1) is 0 Å². The molecule has 0 bridgehead atoms. The molecule has 0 unspecified atom stereocenters. The number of carbonyl (C=O) groups excluding carboxylic acids is 1. The van der Waals surface area contributed by atoms with E-state index in [9.17, 15) is 4.79 Å². The minimum absolute atomic E-state index is 0.331. The van der Waals surface area contributed by atoms with Crippen molar-refractivity contribution in [2.75, 3.05) is 13.1 Å². The molecule has 1 fully saturated rings. The van der Waals surface area contributed by atoms with E-state index in [2.05, 4.69) is 10.4 Å². The standard InChI is InChI=1S/C9H12ClN3O/c10-9-7(6-14)5-12-13(9)8-1-3-11-4-2-8/h5-6,8,11H,1-4H2. The molecule has 5 heteroatoms. The minimum Gasteiger partial charge on any atom is -0.317 e. The lowest BCUT2D eigenvalue weighted by atomic mass is 10.1. The van der Waals surface area contributed by atoms with Crippen LogP contribution in [0, 0.1) is 0 Å². The van der Waals surface area contributed by atoms with E-state index < -0.39 is 0 Å². The highest BCUT2D eigenvalue weighted by Gasteiger charge is 2.19. The molecule has 14 heavy (non-hydrogen) atoms. The van der Waals surface area contributed by atoms with Crippen LogP contribution in [0.1, 0.15) is 29.2 Å². The van der Waals surface area contributed by atoms with E-state index in [1.165, 1.54) is 6.20 Å². The molecule has 0 saturated carbocycles. The van der Waals surface area contributed by atoms with Gasteiger partial charge in [0.15, 0.2) is 6.29 Å². The number of hydrogen-bond donors (Lipinski definition) is 1. The van der Waals surface area contributed by atoms with Gasteiger partial charge in [-0.2, -0.15) is 5.10 Å². The van der Waals surface area contributed by atoms with Gasteiger partial charge in [-0.3, -0.25) is 9.48 Å². The van der Waals surface area contributed by atoms with Crippen LogP contribution >= 0.6 is 11.6 Å². The summed E-state index contributed by atoms with van der Waals surface area (Å²) in [6, 6.07) is 0.331. The van der Waals surface area contributed by atoms with Crippen LogP contribution in [0.3, 0.4) is 0 Å². The molecule has 76 valence electrons. The molecule has 4 nitrogen and oxygen atoms in total. The van der Waals surface area contributed by atoms with Crippen LogP contribution in [0.5, 0.6) is 0 Å². The topological polar surface area (TPSA) is 46.9 Å². The van der Waals surface area contributed by atoms with Crippen molar-refractivity contribution in [1.82, 2.24) is 15.1 Å². The lowest BCUT2D eigenvalue weighted by Crippen LogP contribution is -2.29. The highest BCUT2D eigenvalue weighted by molar-refractivity contribution is 6.31. The first-order valence-corrected chi connectivity index (χ1v) is 5.09. The van der Waals surface area contributed by atoms with E-state index in [1.807, 2.05) is 0 Å². The average molecular weight is 214 g/mol. The number of nitrogens with zero attached hydrogens (tertiary/aromatic N) is 2. The van der Waals surface area contributed by atoms with Gasteiger partial charge in [0.05, 0.1) is 17.8 Å². The molecule has 1 N–H and O–H groups in total. The van der Waals surface area contributed by atoms with Gasteiger partial charge >= 0.3 is 0 Å². The van der Waals surface area contributed by atoms with Crippen molar-refractivity contribution >= 4 is 17.9 Å². The molecule has 2 rings (SSSR count). The Kier molecular flexibility index (Phi) is 2.84. The molecule has 1 aromatic heterocycles. The first-order chi connectivity index (χ1) is 6.83. The average Bonchev–Trinajstić information content (AvgIpc) is 2.61. The van der Waals surface area contributed by atoms with Gasteiger partial charge in [0, 0.05) is 0 Å². The number of halogens is 1. The maximum absolute atomic E-state index is 10.6. The molecular weight excluding hydrogens is 202 g/mol. The Balaban J connectivity index is 2.22. The summed E-state index contributed by atoms with van der Waals surface area (Å²) in [6.07, 6.45) is 4.30. The summed E-state index contributed by atoms with van der Waals surface area (Å²) in [4.78, 5) is 10.6. The molecule has 0 radical (unpaired) electrons. The minimum atomic E-state index is 0.331. The molecule has 1 saturated heterocycles. The van der Waals surface area contributed by atoms with Crippen molar-refractivity contribution in [3.63, 3.8) is 0 Å². The molecular formula is C9H12ClN3O. The van der Waals surface area contributed by atoms with E-state index >= 15 is 0 Å². The highest BCUT2D eigenvalue weighted by atomic mass is 35.5. The SMILES string of the molecule is O=Cc1cnn(C2CCNCC2)c1Cl. The second-order valence-corrected chi connectivity index (χ2v) is 3.79. The Morgan fingerprint density at radius 3 is 2.86 bits per heavy atom. The summed E-state index contributed by atoms with van der Waals surface area (Å²) in [5, 5.41) is 7.87. The molecule has 0 atom stereocenters. The Hall–Kier alpha value is -0.870. The quantitative estimate of drug-likeness (QED) is 0.753. The van der Waals surface area contributed by atoms with E-state index in [4.69, 9.17) is 11.6 Å². The van der Waals surface area contributed by atoms with E-state index in [0.717, 1.165) is 32.2 Å². The first-order valence-electron chi connectivity index (χ1n) is 4.72. The van der Waals surface area contributed by atoms with Crippen LogP contribution in [-0.2, 0) is 0 Å². The summed E-state index contributed by atoms with van der Waals surface area (Å²) in [5.41, 5.74) is 0.477. The zero-order valence-corrected chi connectivity index (χ0v) is 8.50. The van der Waals surface area contributed by atoms with Gasteiger partial charge in [-0.25, -0.2) is 0 Å². The van der Waals surface area contributed by atoms with Crippen molar-refractivity contribution in [2.24, 2.45) is 0 Å². The fraction of sp³-hybridized carbons (Fsp3) is 0.556. The Labute approximate surface area is 87.2 Å². The summed E-state index contributed by atoms with van der Waals surface area (Å²) >= 11 is 6.01. The zero-order valence-electron chi connectivity index (χ0n) is 7.74. The fourth-order valence-corrected chi connectivity index (χ4v) is 2.02. The molecule has 1 aromatic rings. The number of carbonyl (C=O) groups is 1. The van der Waals surface area contributed by atoms with Crippen molar-refractivity contribution in [3.05, 3.63) is 16.9 Å². The molecule has 2 heterocycles. The number of piperidine rings is 1. The summed E-state index contributed by atoms with van der Waals surface area (Å²) in [6.45, 7) is 1.97. The number of aldehydes is 1. The predicted molar refractivity (Wildman–Crippen MR) is 53.8 cm³/mol. The van der Waals surface area contributed by atoms with Gasteiger partial charge in [-0.05, 0) is 25.9 Å². The maximum atomic E-state index is 10.6. The monoisotopic (exact) mass is 213 g/mol. The van der Waals surface area contributed by atoms with Crippen LogP contribution in [0.15, 0.2) is 6.20 Å². The second kappa shape index (κ2) is 4.11. The number of nitrogens with one attached hydrogen (secondary N) is 1. The fourth-order valence-electron chi connectivity index (χ4n) is 1.75. The first kappa shape index (κ1) is 9.68. The largest absolute Gasteiger partial charge is 0.317 e. The number of rotatable bonds is 2. The molecule has 0 aromatic carbocycles. The van der Waals surface area contributed by atoms with Crippen LogP contribution in [0.2, 0.25) is 5.15 Å². The van der Waals surface area contributed by atoms with Gasteiger partial charge in [0.1, 0.15) is 5.15 Å². The molecule has 0 aliphatic carbocycles. The Bertz CT molecular complexity index is 331. The Morgan fingerprint density at radius 1 is 1.57 bits per heavy atom. The van der Waals surface area contributed by atoms with Crippen molar-refractivity contribution in [2.45, 2.75) is 18.9 Å². The van der Waals surface area contributed by atoms with Gasteiger partial charge < -0.3 is 5.32 Å². The van der Waals surface area contributed by atoms with Crippen molar-refractivity contribution in [3.8, 4) is 0 Å². The van der Waals surface area contributed by atoms with Crippen molar-refractivity contribution in [1.29, 1.82) is 0 Å². The normalized spacial score (nSPS) is 18.4. The summed E-state index contributed by atoms with van der Waals surface area (Å²) in [7, 11) is 0. The highest BCUT2D eigenvalue weighted by Crippen LogP contribution is 2.24. The second-order valence-electron chi connectivity index (χ2n) is 3.43. The van der Waals surface area contributed by atoms with Crippen molar-refractivity contribution < 1.29 is 4.79 Å².